The number of carbonyl (C=O) groups excluding carboxylic acids is 5. The van der Waals surface area contributed by atoms with Crippen molar-refractivity contribution in [1.82, 2.24) is 26.3 Å². The molecule has 0 bridgehead atoms. The van der Waals surface area contributed by atoms with Crippen LogP contribution in [0.3, 0.4) is 0 Å². The van der Waals surface area contributed by atoms with E-state index in [1.54, 1.807) is 6.20 Å². The monoisotopic (exact) mass is 618 g/mol. The third-order valence-corrected chi connectivity index (χ3v) is 6.89. The van der Waals surface area contributed by atoms with Crippen LogP contribution in [0.15, 0.2) is 30.5 Å². The molecule has 5 amide bonds. The average molecular weight is 619 g/mol. The van der Waals surface area contributed by atoms with Crippen LogP contribution in [0.25, 0.3) is 10.9 Å². The number of aliphatic carboxylic acids is 1. The zero-order valence-corrected chi connectivity index (χ0v) is 24.5. The standard InChI is InChI=1S/C28H42N8O8/c1-15(33-25(40)18(30)12-16-13-32-19-7-3-2-6-17(16)19)24(39)36-22(14-37)27(42)34-20(8-4-5-11-29)26(41)35-21(28(43)44)9-10-23(31)38/h2-3,6-7,13,15,18,20-22,32,37H,4-5,8-12,14,29-30H2,1H3,(H2,31,38)(H,33,40)(H,34,42)(H,35,41)(H,36,39)(H,43,44)/t15-,18-,20-,21-,22-/m0/s1. The quantitative estimate of drug-likeness (QED) is 0.0736. The van der Waals surface area contributed by atoms with Gasteiger partial charge >= 0.3 is 5.97 Å². The van der Waals surface area contributed by atoms with E-state index in [4.69, 9.17) is 17.2 Å². The minimum absolute atomic E-state index is 0.0732. The molecule has 16 heteroatoms. The van der Waals surface area contributed by atoms with E-state index >= 15 is 0 Å². The Morgan fingerprint density at radius 1 is 0.864 bits per heavy atom. The number of aromatic nitrogens is 1. The summed E-state index contributed by atoms with van der Waals surface area (Å²) in [6.07, 6.45) is 2.38. The number of hydrogen-bond donors (Lipinski definition) is 10. The molecule has 1 aromatic carbocycles. The number of primary amides is 1. The van der Waals surface area contributed by atoms with Gasteiger partial charge in [0.15, 0.2) is 0 Å². The molecule has 1 aromatic heterocycles. The van der Waals surface area contributed by atoms with E-state index in [0.29, 0.717) is 19.4 Å². The van der Waals surface area contributed by atoms with Crippen molar-refractivity contribution >= 4 is 46.4 Å². The maximum Gasteiger partial charge on any atom is 0.326 e. The molecule has 0 radical (unpaired) electrons. The number of aromatic amines is 1. The Bertz CT molecular complexity index is 1320. The zero-order chi connectivity index (χ0) is 32.8. The predicted octanol–water partition coefficient (Wildman–Crippen LogP) is -2.53. The van der Waals surface area contributed by atoms with Crippen LogP contribution in [0.4, 0.5) is 0 Å². The van der Waals surface area contributed by atoms with Gasteiger partial charge in [0, 0.05) is 23.5 Å². The second-order valence-corrected chi connectivity index (χ2v) is 10.4. The molecule has 16 nitrogen and oxygen atoms in total. The molecule has 0 saturated heterocycles. The third kappa shape index (κ3) is 10.9. The number of fused-ring (bicyclic) bond motifs is 1. The summed E-state index contributed by atoms with van der Waals surface area (Å²) in [4.78, 5) is 77.1. The first-order valence-electron chi connectivity index (χ1n) is 14.2. The van der Waals surface area contributed by atoms with Crippen LogP contribution >= 0.6 is 0 Å². The van der Waals surface area contributed by atoms with E-state index in [2.05, 4.69) is 26.3 Å². The fraction of sp³-hybridized carbons (Fsp3) is 0.500. The molecule has 2 rings (SSSR count). The molecule has 13 N–H and O–H groups in total. The fourth-order valence-corrected chi connectivity index (χ4v) is 4.36. The number of benzene rings is 1. The summed E-state index contributed by atoms with van der Waals surface area (Å²) in [7, 11) is 0. The van der Waals surface area contributed by atoms with Crippen LogP contribution in [-0.4, -0.2) is 94.1 Å². The van der Waals surface area contributed by atoms with Crippen molar-refractivity contribution in [3.8, 4) is 0 Å². The molecule has 0 spiro atoms. The highest BCUT2D eigenvalue weighted by Gasteiger charge is 2.30. The lowest BCUT2D eigenvalue weighted by Gasteiger charge is -2.25. The number of carbonyl (C=O) groups is 6. The molecule has 44 heavy (non-hydrogen) atoms. The Balaban J connectivity index is 1.99. The molecule has 0 aliphatic carbocycles. The summed E-state index contributed by atoms with van der Waals surface area (Å²) in [5, 5.41) is 29.6. The highest BCUT2D eigenvalue weighted by molar-refractivity contribution is 5.95. The minimum atomic E-state index is -1.50. The summed E-state index contributed by atoms with van der Waals surface area (Å²) >= 11 is 0. The molecule has 0 fully saturated rings. The van der Waals surface area contributed by atoms with Crippen LogP contribution in [0, 0.1) is 0 Å². The first kappa shape index (κ1) is 35.7. The van der Waals surface area contributed by atoms with Gasteiger partial charge in [-0.1, -0.05) is 18.2 Å². The molecular formula is C28H42N8O8. The number of H-pyrrole nitrogens is 1. The molecular weight excluding hydrogens is 576 g/mol. The van der Waals surface area contributed by atoms with E-state index in [1.165, 1.54) is 6.92 Å². The number of rotatable bonds is 19. The molecule has 0 aliphatic rings. The minimum Gasteiger partial charge on any atom is -0.480 e. The van der Waals surface area contributed by atoms with Gasteiger partial charge in [0.05, 0.1) is 12.6 Å². The lowest BCUT2D eigenvalue weighted by atomic mass is 10.0. The normalized spacial score (nSPS) is 14.5. The van der Waals surface area contributed by atoms with E-state index in [9.17, 15) is 39.0 Å². The van der Waals surface area contributed by atoms with Gasteiger partial charge < -0.3 is 53.7 Å². The lowest BCUT2D eigenvalue weighted by Crippen LogP contribution is -2.59. The summed E-state index contributed by atoms with van der Waals surface area (Å²) in [6.45, 7) is 0.841. The van der Waals surface area contributed by atoms with E-state index in [1.807, 2.05) is 24.3 Å². The fourth-order valence-electron chi connectivity index (χ4n) is 4.36. The maximum atomic E-state index is 13.0. The Hall–Kier alpha value is -4.54. The van der Waals surface area contributed by atoms with Gasteiger partial charge in [-0.25, -0.2) is 4.79 Å². The highest BCUT2D eigenvalue weighted by atomic mass is 16.4. The number of amides is 5. The predicted molar refractivity (Wildman–Crippen MR) is 159 cm³/mol. The van der Waals surface area contributed by atoms with Gasteiger partial charge in [0.25, 0.3) is 0 Å². The number of carboxylic acid groups (broad SMARTS) is 1. The summed E-state index contributed by atoms with van der Waals surface area (Å²) in [6, 6.07) is 1.21. The van der Waals surface area contributed by atoms with Crippen molar-refractivity contribution < 1.29 is 39.0 Å². The van der Waals surface area contributed by atoms with Crippen molar-refractivity contribution in [2.24, 2.45) is 17.2 Å². The number of carboxylic acids is 1. The van der Waals surface area contributed by atoms with Crippen LogP contribution in [0.2, 0.25) is 0 Å². The second kappa shape index (κ2) is 17.5. The zero-order valence-electron chi connectivity index (χ0n) is 24.5. The smallest absolute Gasteiger partial charge is 0.326 e. The number of aliphatic hydroxyl groups excluding tert-OH is 1. The van der Waals surface area contributed by atoms with Crippen molar-refractivity contribution in [2.45, 2.75) is 75.7 Å². The number of para-hydroxylation sites is 1. The van der Waals surface area contributed by atoms with Gasteiger partial charge in [-0.2, -0.15) is 0 Å². The lowest BCUT2D eigenvalue weighted by molar-refractivity contribution is -0.142. The summed E-state index contributed by atoms with van der Waals surface area (Å²) in [5.41, 5.74) is 18.4. The van der Waals surface area contributed by atoms with E-state index < -0.39 is 72.3 Å². The summed E-state index contributed by atoms with van der Waals surface area (Å²) in [5.74, 6) is -5.32. The van der Waals surface area contributed by atoms with E-state index in [0.717, 1.165) is 16.5 Å². The van der Waals surface area contributed by atoms with Gasteiger partial charge in [0.1, 0.15) is 24.2 Å². The van der Waals surface area contributed by atoms with Gasteiger partial charge in [0.2, 0.25) is 29.5 Å². The average Bonchev–Trinajstić information content (AvgIpc) is 3.39. The third-order valence-electron chi connectivity index (χ3n) is 6.89. The van der Waals surface area contributed by atoms with Gasteiger partial charge in [-0.15, -0.1) is 0 Å². The molecule has 0 aliphatic heterocycles. The SMILES string of the molecule is C[C@H](NC(=O)[C@@H](N)Cc1c[nH]c2ccccc12)C(=O)N[C@@H](CO)C(=O)N[C@@H](CCCCN)C(=O)N[C@@H](CCC(N)=O)C(=O)O. The topological polar surface area (TPSA) is 285 Å². The molecule has 1 heterocycles. The highest BCUT2D eigenvalue weighted by Crippen LogP contribution is 2.18. The number of nitrogens with one attached hydrogen (secondary N) is 5. The van der Waals surface area contributed by atoms with Crippen molar-refractivity contribution in [3.63, 3.8) is 0 Å². The van der Waals surface area contributed by atoms with Crippen LogP contribution < -0.4 is 38.5 Å². The molecule has 0 saturated carbocycles. The van der Waals surface area contributed by atoms with E-state index in [-0.39, 0.29) is 25.7 Å². The summed E-state index contributed by atoms with van der Waals surface area (Å²) < 4.78 is 0. The number of nitrogens with two attached hydrogens (primary N) is 3. The molecule has 5 atom stereocenters. The Morgan fingerprint density at radius 3 is 2.14 bits per heavy atom. The maximum absolute atomic E-state index is 13.0. The molecule has 2 aromatic rings. The van der Waals surface area contributed by atoms with Crippen molar-refractivity contribution in [1.29, 1.82) is 0 Å². The van der Waals surface area contributed by atoms with Gasteiger partial charge in [-0.3, -0.25) is 24.0 Å². The van der Waals surface area contributed by atoms with Crippen LogP contribution in [-0.2, 0) is 35.2 Å². The van der Waals surface area contributed by atoms with Crippen LogP contribution in [0.5, 0.6) is 0 Å². The Kier molecular flexibility index (Phi) is 14.2. The molecule has 0 unspecified atom stereocenters. The molecule has 242 valence electrons. The second-order valence-electron chi connectivity index (χ2n) is 10.4. The number of hydrogen-bond acceptors (Lipinski definition) is 9. The Morgan fingerprint density at radius 2 is 1.50 bits per heavy atom. The Labute approximate surface area is 253 Å². The van der Waals surface area contributed by atoms with Crippen molar-refractivity contribution in [2.75, 3.05) is 13.2 Å². The number of aliphatic hydroxyl groups is 1. The van der Waals surface area contributed by atoms with Crippen LogP contribution in [0.1, 0.15) is 44.6 Å². The first-order chi connectivity index (χ1) is 20.9. The first-order valence-corrected chi connectivity index (χ1v) is 14.2. The number of unbranched alkanes of at least 4 members (excludes halogenated alkanes) is 1. The van der Waals surface area contributed by atoms with Crippen molar-refractivity contribution in [3.05, 3.63) is 36.0 Å². The van der Waals surface area contributed by atoms with Gasteiger partial charge in [-0.05, 0) is 57.2 Å². The largest absolute Gasteiger partial charge is 0.480 e.